The Hall–Kier alpha value is -1.89. The number of likely N-dealkylation sites (N-methyl/N-ethyl adjacent to an activating group) is 1. The fourth-order valence-corrected chi connectivity index (χ4v) is 1.93. The second kappa shape index (κ2) is 5.40. The molecule has 0 aliphatic rings. The zero-order valence-corrected chi connectivity index (χ0v) is 11.6. The Labute approximate surface area is 115 Å². The van der Waals surface area contributed by atoms with Gasteiger partial charge in [0.15, 0.2) is 11.2 Å². The van der Waals surface area contributed by atoms with Crippen LogP contribution in [0.1, 0.15) is 18.1 Å². The van der Waals surface area contributed by atoms with Crippen LogP contribution in [0.5, 0.6) is 5.88 Å². The van der Waals surface area contributed by atoms with Gasteiger partial charge in [-0.05, 0) is 6.92 Å². The Kier molecular flexibility index (Phi) is 3.84. The molecule has 0 aliphatic heterocycles. The number of ether oxygens (including phenoxy) is 1. The maximum Gasteiger partial charge on any atom is 0.245 e. The highest BCUT2D eigenvalue weighted by atomic mass is 35.5. The second-order valence-corrected chi connectivity index (χ2v) is 4.56. The maximum atomic E-state index is 11.6. The van der Waals surface area contributed by atoms with Gasteiger partial charge in [-0.15, -0.1) is 11.6 Å². The summed E-state index contributed by atoms with van der Waals surface area (Å²) in [6, 6.07) is 0. The van der Waals surface area contributed by atoms with Crippen molar-refractivity contribution < 1.29 is 9.53 Å². The van der Waals surface area contributed by atoms with Gasteiger partial charge in [0.1, 0.15) is 18.7 Å². The Balaban J connectivity index is 2.64. The molecule has 1 atom stereocenters. The van der Waals surface area contributed by atoms with Gasteiger partial charge in [-0.1, -0.05) is 0 Å². The summed E-state index contributed by atoms with van der Waals surface area (Å²) in [7, 11) is 3.07. The third kappa shape index (κ3) is 2.46. The van der Waals surface area contributed by atoms with Crippen LogP contribution < -0.4 is 10.1 Å². The van der Waals surface area contributed by atoms with E-state index < -0.39 is 0 Å². The smallest absolute Gasteiger partial charge is 0.245 e. The van der Waals surface area contributed by atoms with E-state index in [2.05, 4.69) is 20.3 Å². The normalized spacial score (nSPS) is 12.4. The topological polar surface area (TPSA) is 81.9 Å². The standard InChI is InChI=1S/C11H14ClN5O2/c1-6(12)9-16-8-10(14-5-15-11(8)19-3)17(9)4-7(18)13-2/h5-6H,4H2,1-3H3,(H,13,18). The molecule has 1 N–H and O–H groups in total. The zero-order chi connectivity index (χ0) is 14.0. The number of fused-ring (bicyclic) bond motifs is 1. The van der Waals surface area contributed by atoms with Crippen molar-refractivity contribution in [2.75, 3.05) is 14.2 Å². The van der Waals surface area contributed by atoms with Crippen molar-refractivity contribution in [2.45, 2.75) is 18.8 Å². The molecule has 2 aromatic heterocycles. The number of hydrogen-bond acceptors (Lipinski definition) is 5. The molecule has 0 radical (unpaired) electrons. The molecule has 0 aromatic carbocycles. The zero-order valence-electron chi connectivity index (χ0n) is 10.8. The molecule has 19 heavy (non-hydrogen) atoms. The van der Waals surface area contributed by atoms with E-state index in [1.54, 1.807) is 18.5 Å². The van der Waals surface area contributed by atoms with Crippen molar-refractivity contribution in [3.8, 4) is 5.88 Å². The first-order valence-corrected chi connectivity index (χ1v) is 6.11. The van der Waals surface area contributed by atoms with E-state index in [-0.39, 0.29) is 17.8 Å². The molecule has 102 valence electrons. The van der Waals surface area contributed by atoms with Gasteiger partial charge >= 0.3 is 0 Å². The highest BCUT2D eigenvalue weighted by molar-refractivity contribution is 6.20. The van der Waals surface area contributed by atoms with Crippen molar-refractivity contribution in [1.29, 1.82) is 0 Å². The first-order chi connectivity index (χ1) is 9.08. The Morgan fingerprint density at radius 1 is 1.58 bits per heavy atom. The van der Waals surface area contributed by atoms with E-state index in [1.807, 2.05) is 0 Å². The van der Waals surface area contributed by atoms with E-state index in [0.29, 0.717) is 22.9 Å². The highest BCUT2D eigenvalue weighted by Gasteiger charge is 2.20. The molecule has 0 saturated heterocycles. The lowest BCUT2D eigenvalue weighted by Crippen LogP contribution is -2.24. The van der Waals surface area contributed by atoms with Crippen molar-refractivity contribution in [3.05, 3.63) is 12.2 Å². The molecule has 1 unspecified atom stereocenters. The molecule has 1 amide bonds. The quantitative estimate of drug-likeness (QED) is 0.843. The van der Waals surface area contributed by atoms with Crippen LogP contribution >= 0.6 is 11.6 Å². The monoisotopic (exact) mass is 283 g/mol. The number of imidazole rings is 1. The molecular formula is C11H14ClN5O2. The fraction of sp³-hybridized carbons (Fsp3) is 0.455. The number of nitrogens with zero attached hydrogens (tertiary/aromatic N) is 4. The van der Waals surface area contributed by atoms with E-state index in [1.165, 1.54) is 13.4 Å². The van der Waals surface area contributed by atoms with Crippen LogP contribution in [0.3, 0.4) is 0 Å². The van der Waals surface area contributed by atoms with Crippen LogP contribution in [0, 0.1) is 0 Å². The van der Waals surface area contributed by atoms with Crippen molar-refractivity contribution >= 4 is 28.7 Å². The van der Waals surface area contributed by atoms with Crippen LogP contribution in [0.2, 0.25) is 0 Å². The SMILES string of the molecule is CNC(=O)Cn1c(C(C)Cl)nc2c(OC)ncnc21. The summed E-state index contributed by atoms with van der Waals surface area (Å²) < 4.78 is 6.80. The summed E-state index contributed by atoms with van der Waals surface area (Å²) in [5, 5.41) is 2.20. The highest BCUT2D eigenvalue weighted by Crippen LogP contribution is 2.27. The number of nitrogens with one attached hydrogen (secondary N) is 1. The number of aromatic nitrogens is 4. The van der Waals surface area contributed by atoms with Gasteiger partial charge < -0.3 is 14.6 Å². The Morgan fingerprint density at radius 2 is 2.32 bits per heavy atom. The van der Waals surface area contributed by atoms with E-state index >= 15 is 0 Å². The first-order valence-electron chi connectivity index (χ1n) is 5.68. The van der Waals surface area contributed by atoms with E-state index in [0.717, 1.165) is 0 Å². The van der Waals surface area contributed by atoms with Crippen molar-refractivity contribution in [1.82, 2.24) is 24.8 Å². The summed E-state index contributed by atoms with van der Waals surface area (Å²) >= 11 is 6.10. The number of carbonyl (C=O) groups is 1. The molecule has 0 saturated carbocycles. The summed E-state index contributed by atoms with van der Waals surface area (Å²) in [6.45, 7) is 1.88. The minimum Gasteiger partial charge on any atom is -0.479 e. The minimum absolute atomic E-state index is 0.0968. The molecule has 2 rings (SSSR count). The number of amides is 1. The van der Waals surface area contributed by atoms with Gasteiger partial charge in [-0.2, -0.15) is 4.98 Å². The summed E-state index contributed by atoms with van der Waals surface area (Å²) in [5.41, 5.74) is 1.02. The van der Waals surface area contributed by atoms with Gasteiger partial charge in [0.25, 0.3) is 0 Å². The number of rotatable bonds is 4. The van der Waals surface area contributed by atoms with Crippen LogP contribution in [0.25, 0.3) is 11.2 Å². The number of halogens is 1. The lowest BCUT2D eigenvalue weighted by molar-refractivity contribution is -0.121. The molecule has 0 spiro atoms. The molecular weight excluding hydrogens is 270 g/mol. The predicted octanol–water partition coefficient (Wildman–Crippen LogP) is 0.881. The molecule has 0 aliphatic carbocycles. The Morgan fingerprint density at radius 3 is 2.89 bits per heavy atom. The van der Waals surface area contributed by atoms with Gasteiger partial charge in [0.05, 0.1) is 12.5 Å². The predicted molar refractivity (Wildman–Crippen MR) is 70.2 cm³/mol. The lowest BCUT2D eigenvalue weighted by Gasteiger charge is -2.08. The first kappa shape index (κ1) is 13.5. The molecule has 0 bridgehead atoms. The molecule has 2 aromatic rings. The van der Waals surface area contributed by atoms with Gasteiger partial charge in [0, 0.05) is 7.05 Å². The fourth-order valence-electron chi connectivity index (χ4n) is 1.76. The summed E-state index contributed by atoms with van der Waals surface area (Å²) in [5.74, 6) is 0.758. The number of methoxy groups -OCH3 is 1. The van der Waals surface area contributed by atoms with Crippen LogP contribution in [0.15, 0.2) is 6.33 Å². The van der Waals surface area contributed by atoms with Crippen molar-refractivity contribution in [2.24, 2.45) is 0 Å². The number of alkyl halides is 1. The van der Waals surface area contributed by atoms with Gasteiger partial charge in [0.2, 0.25) is 11.8 Å². The molecule has 0 fully saturated rings. The minimum atomic E-state index is -0.358. The largest absolute Gasteiger partial charge is 0.479 e. The maximum absolute atomic E-state index is 11.6. The van der Waals surface area contributed by atoms with E-state index in [4.69, 9.17) is 16.3 Å². The summed E-state index contributed by atoms with van der Waals surface area (Å²) in [6.07, 6.45) is 1.37. The second-order valence-electron chi connectivity index (χ2n) is 3.90. The van der Waals surface area contributed by atoms with Gasteiger partial charge in [-0.3, -0.25) is 4.79 Å². The van der Waals surface area contributed by atoms with Crippen molar-refractivity contribution in [3.63, 3.8) is 0 Å². The van der Waals surface area contributed by atoms with Gasteiger partial charge in [-0.25, -0.2) is 9.97 Å². The average Bonchev–Trinajstić information content (AvgIpc) is 2.77. The van der Waals surface area contributed by atoms with Crippen LogP contribution in [-0.2, 0) is 11.3 Å². The lowest BCUT2D eigenvalue weighted by atomic mass is 10.4. The molecule has 8 heteroatoms. The molecule has 7 nitrogen and oxygen atoms in total. The third-order valence-electron chi connectivity index (χ3n) is 2.66. The molecule has 2 heterocycles. The average molecular weight is 284 g/mol. The van der Waals surface area contributed by atoms with Crippen LogP contribution in [-0.4, -0.2) is 39.6 Å². The third-order valence-corrected chi connectivity index (χ3v) is 2.85. The van der Waals surface area contributed by atoms with E-state index in [9.17, 15) is 4.79 Å². The Bertz CT molecular complexity index is 610. The number of hydrogen-bond donors (Lipinski definition) is 1. The van der Waals surface area contributed by atoms with Crippen LogP contribution in [0.4, 0.5) is 0 Å². The number of carbonyl (C=O) groups excluding carboxylic acids is 1. The summed E-state index contributed by atoms with van der Waals surface area (Å²) in [4.78, 5) is 24.1.